The van der Waals surface area contributed by atoms with E-state index >= 15 is 0 Å². The molecule has 0 fully saturated rings. The van der Waals surface area contributed by atoms with Crippen molar-refractivity contribution in [1.82, 2.24) is 10.3 Å². The van der Waals surface area contributed by atoms with Crippen LogP contribution in [0, 0.1) is 0 Å². The predicted octanol–water partition coefficient (Wildman–Crippen LogP) is 0.327. The molecule has 2 aromatic rings. The van der Waals surface area contributed by atoms with Gasteiger partial charge in [0.1, 0.15) is 6.04 Å². The average molecular weight is 275 g/mol. The second-order valence-electron chi connectivity index (χ2n) is 4.41. The van der Waals surface area contributed by atoms with Crippen molar-refractivity contribution in [3.05, 3.63) is 36.0 Å². The number of benzene rings is 1. The Bertz CT molecular complexity index is 621. The molecule has 0 radical (unpaired) electrons. The molecular formula is C14H17N3O3. The zero-order valence-electron chi connectivity index (χ0n) is 11.2. The normalized spacial score (nSPS) is 12.1. The molecule has 1 heterocycles. The molecule has 6 nitrogen and oxygen atoms in total. The first-order valence-corrected chi connectivity index (χ1v) is 6.28. The SMILES string of the molecule is COC(=O)C(Cc1c[nH]c2ccccc12)NC(=O)CN. The lowest BCUT2D eigenvalue weighted by atomic mass is 10.0. The number of aromatic amines is 1. The molecule has 6 heteroatoms. The van der Waals surface area contributed by atoms with Crippen molar-refractivity contribution < 1.29 is 14.3 Å². The van der Waals surface area contributed by atoms with Gasteiger partial charge in [0.25, 0.3) is 0 Å². The van der Waals surface area contributed by atoms with Crippen LogP contribution in [0.3, 0.4) is 0 Å². The molecule has 1 atom stereocenters. The van der Waals surface area contributed by atoms with Crippen LogP contribution in [0.2, 0.25) is 0 Å². The maximum absolute atomic E-state index is 11.7. The number of esters is 1. The number of hydrogen-bond acceptors (Lipinski definition) is 4. The van der Waals surface area contributed by atoms with E-state index in [1.165, 1.54) is 7.11 Å². The van der Waals surface area contributed by atoms with E-state index < -0.39 is 12.0 Å². The molecule has 0 aliphatic heterocycles. The Hall–Kier alpha value is -2.34. The third-order valence-corrected chi connectivity index (χ3v) is 3.11. The van der Waals surface area contributed by atoms with Gasteiger partial charge < -0.3 is 20.8 Å². The maximum atomic E-state index is 11.7. The minimum absolute atomic E-state index is 0.165. The van der Waals surface area contributed by atoms with Crippen LogP contribution in [-0.4, -0.2) is 36.6 Å². The molecule has 0 bridgehead atoms. The predicted molar refractivity (Wildman–Crippen MR) is 75.0 cm³/mol. The second kappa shape index (κ2) is 6.21. The molecule has 2 rings (SSSR count). The fourth-order valence-electron chi connectivity index (χ4n) is 2.11. The summed E-state index contributed by atoms with van der Waals surface area (Å²) in [7, 11) is 1.29. The fraction of sp³-hybridized carbons (Fsp3) is 0.286. The van der Waals surface area contributed by atoms with Gasteiger partial charge in [-0.25, -0.2) is 4.79 Å². The van der Waals surface area contributed by atoms with Crippen molar-refractivity contribution in [2.75, 3.05) is 13.7 Å². The first kappa shape index (κ1) is 14.1. The van der Waals surface area contributed by atoms with Crippen LogP contribution in [0.4, 0.5) is 0 Å². The molecule has 4 N–H and O–H groups in total. The number of rotatable bonds is 5. The number of nitrogens with one attached hydrogen (secondary N) is 2. The summed E-state index contributed by atoms with van der Waals surface area (Å²) in [6.45, 7) is -0.165. The molecule has 1 aromatic carbocycles. The van der Waals surface area contributed by atoms with E-state index in [0.29, 0.717) is 6.42 Å². The van der Waals surface area contributed by atoms with Crippen LogP contribution in [0.5, 0.6) is 0 Å². The number of ether oxygens (including phenoxy) is 1. The summed E-state index contributed by atoms with van der Waals surface area (Å²) in [4.78, 5) is 26.2. The van der Waals surface area contributed by atoms with E-state index in [1.807, 2.05) is 30.5 Å². The van der Waals surface area contributed by atoms with E-state index in [9.17, 15) is 9.59 Å². The number of amides is 1. The summed E-state index contributed by atoms with van der Waals surface area (Å²) in [6, 6.07) is 7.02. The van der Waals surface area contributed by atoms with Gasteiger partial charge in [0.15, 0.2) is 0 Å². The fourth-order valence-corrected chi connectivity index (χ4v) is 2.11. The van der Waals surface area contributed by atoms with Crippen LogP contribution in [0.1, 0.15) is 5.56 Å². The van der Waals surface area contributed by atoms with Crippen LogP contribution >= 0.6 is 0 Å². The van der Waals surface area contributed by atoms with Crippen LogP contribution in [-0.2, 0) is 20.7 Å². The van der Waals surface area contributed by atoms with E-state index in [0.717, 1.165) is 16.5 Å². The second-order valence-corrected chi connectivity index (χ2v) is 4.41. The number of nitrogens with two attached hydrogens (primary N) is 1. The molecule has 0 saturated heterocycles. The van der Waals surface area contributed by atoms with Crippen molar-refractivity contribution >= 4 is 22.8 Å². The lowest BCUT2D eigenvalue weighted by Crippen LogP contribution is -2.45. The van der Waals surface area contributed by atoms with Gasteiger partial charge in [0, 0.05) is 23.5 Å². The molecule has 0 aliphatic rings. The van der Waals surface area contributed by atoms with Crippen LogP contribution in [0.15, 0.2) is 30.5 Å². The Labute approximate surface area is 116 Å². The number of H-pyrrole nitrogens is 1. The molecule has 1 unspecified atom stereocenters. The zero-order valence-corrected chi connectivity index (χ0v) is 11.2. The summed E-state index contributed by atoms with van der Waals surface area (Å²) in [5, 5.41) is 3.59. The third kappa shape index (κ3) is 2.97. The highest BCUT2D eigenvalue weighted by molar-refractivity contribution is 5.87. The highest BCUT2D eigenvalue weighted by atomic mass is 16.5. The van der Waals surface area contributed by atoms with E-state index in [1.54, 1.807) is 0 Å². The Balaban J connectivity index is 2.22. The number of aromatic nitrogens is 1. The van der Waals surface area contributed by atoms with Crippen molar-refractivity contribution in [1.29, 1.82) is 0 Å². The van der Waals surface area contributed by atoms with Crippen molar-refractivity contribution in [2.45, 2.75) is 12.5 Å². The topological polar surface area (TPSA) is 97.2 Å². The molecule has 0 spiro atoms. The van der Waals surface area contributed by atoms with Crippen LogP contribution in [0.25, 0.3) is 10.9 Å². The monoisotopic (exact) mass is 275 g/mol. The molecule has 1 aromatic heterocycles. The summed E-state index contributed by atoms with van der Waals surface area (Å²) >= 11 is 0. The molecule has 106 valence electrons. The summed E-state index contributed by atoms with van der Waals surface area (Å²) in [5.41, 5.74) is 7.18. The standard InChI is InChI=1S/C14H17N3O3/c1-20-14(19)12(17-13(18)7-15)6-9-8-16-11-5-3-2-4-10(9)11/h2-5,8,12,16H,6-7,15H2,1H3,(H,17,18). The third-order valence-electron chi connectivity index (χ3n) is 3.11. The highest BCUT2D eigenvalue weighted by Gasteiger charge is 2.22. The summed E-state index contributed by atoms with van der Waals surface area (Å²) in [5.74, 6) is -0.877. The number of carbonyl (C=O) groups excluding carboxylic acids is 2. The van der Waals surface area contributed by atoms with Gasteiger partial charge in [-0.1, -0.05) is 18.2 Å². The van der Waals surface area contributed by atoms with Gasteiger partial charge in [-0.2, -0.15) is 0 Å². The van der Waals surface area contributed by atoms with E-state index in [4.69, 9.17) is 10.5 Å². The van der Waals surface area contributed by atoms with Crippen LogP contribution < -0.4 is 11.1 Å². The van der Waals surface area contributed by atoms with Gasteiger partial charge in [0.2, 0.25) is 5.91 Å². The van der Waals surface area contributed by atoms with Gasteiger partial charge in [-0.15, -0.1) is 0 Å². The maximum Gasteiger partial charge on any atom is 0.328 e. The lowest BCUT2D eigenvalue weighted by Gasteiger charge is -2.15. The largest absolute Gasteiger partial charge is 0.467 e. The first-order chi connectivity index (χ1) is 9.65. The van der Waals surface area contributed by atoms with Gasteiger partial charge in [-0.05, 0) is 11.6 Å². The Morgan fingerprint density at radius 2 is 2.15 bits per heavy atom. The summed E-state index contributed by atoms with van der Waals surface area (Å²) in [6.07, 6.45) is 2.18. The highest BCUT2D eigenvalue weighted by Crippen LogP contribution is 2.19. The minimum Gasteiger partial charge on any atom is -0.467 e. The van der Waals surface area contributed by atoms with Crippen molar-refractivity contribution in [3.63, 3.8) is 0 Å². The molecule has 20 heavy (non-hydrogen) atoms. The molecule has 0 saturated carbocycles. The first-order valence-electron chi connectivity index (χ1n) is 6.28. The number of para-hydroxylation sites is 1. The smallest absolute Gasteiger partial charge is 0.328 e. The van der Waals surface area contributed by atoms with E-state index in [2.05, 4.69) is 10.3 Å². The van der Waals surface area contributed by atoms with E-state index in [-0.39, 0.29) is 12.5 Å². The quantitative estimate of drug-likeness (QED) is 0.685. The zero-order chi connectivity index (χ0) is 14.5. The Morgan fingerprint density at radius 1 is 1.40 bits per heavy atom. The number of carbonyl (C=O) groups is 2. The Kier molecular flexibility index (Phi) is 4.37. The molecular weight excluding hydrogens is 258 g/mol. The Morgan fingerprint density at radius 3 is 2.85 bits per heavy atom. The van der Waals surface area contributed by atoms with Crippen molar-refractivity contribution in [3.8, 4) is 0 Å². The minimum atomic E-state index is -0.741. The van der Waals surface area contributed by atoms with Gasteiger partial charge in [-0.3, -0.25) is 4.79 Å². The summed E-state index contributed by atoms with van der Waals surface area (Å²) < 4.78 is 4.71. The number of methoxy groups -OCH3 is 1. The lowest BCUT2D eigenvalue weighted by molar-refractivity contribution is -0.144. The number of hydrogen-bond donors (Lipinski definition) is 3. The van der Waals surface area contributed by atoms with Gasteiger partial charge in [0.05, 0.1) is 13.7 Å². The van der Waals surface area contributed by atoms with Gasteiger partial charge >= 0.3 is 5.97 Å². The molecule has 0 aliphatic carbocycles. The number of fused-ring (bicyclic) bond motifs is 1. The average Bonchev–Trinajstić information content (AvgIpc) is 2.89. The molecule has 1 amide bonds. The van der Waals surface area contributed by atoms with Crippen molar-refractivity contribution in [2.24, 2.45) is 5.73 Å².